The molecule has 0 saturated heterocycles. The van der Waals surface area contributed by atoms with Crippen LogP contribution in [0.1, 0.15) is 0 Å². The third-order valence-electron chi connectivity index (χ3n) is 11.1. The van der Waals surface area contributed by atoms with Crippen LogP contribution >= 0.6 is 0 Å². The minimum absolute atomic E-state index is 0.626. The Morgan fingerprint density at radius 1 is 0.364 bits per heavy atom. The van der Waals surface area contributed by atoms with Gasteiger partial charge in [0.2, 0.25) is 5.95 Å². The maximum atomic E-state index is 6.80. The highest BCUT2D eigenvalue weighted by Gasteiger charge is 2.25. The summed E-state index contributed by atoms with van der Waals surface area (Å²) in [5, 5.41) is 7.74. The fourth-order valence-electron chi connectivity index (χ4n) is 8.69. The zero-order chi connectivity index (χ0) is 36.0. The number of hydrogen-bond acceptors (Lipinski definition) is 3. The maximum absolute atomic E-state index is 6.80. The molecule has 5 heteroatoms. The predicted molar refractivity (Wildman–Crippen MR) is 226 cm³/mol. The van der Waals surface area contributed by atoms with E-state index in [1.54, 1.807) is 0 Å². The summed E-state index contributed by atoms with van der Waals surface area (Å²) in [5.41, 5.74) is 12.2. The number of para-hydroxylation sites is 3. The van der Waals surface area contributed by atoms with Crippen LogP contribution in [0.25, 0.3) is 110 Å². The number of benzene rings is 8. The van der Waals surface area contributed by atoms with Crippen molar-refractivity contribution in [1.29, 1.82) is 0 Å². The summed E-state index contributed by atoms with van der Waals surface area (Å²) in [7, 11) is 0. The maximum Gasteiger partial charge on any atom is 0.235 e. The molecule has 12 aromatic rings. The molecule has 0 aliphatic heterocycles. The van der Waals surface area contributed by atoms with E-state index >= 15 is 0 Å². The van der Waals surface area contributed by atoms with Gasteiger partial charge in [0.1, 0.15) is 5.58 Å². The molecule has 5 nitrogen and oxygen atoms in total. The van der Waals surface area contributed by atoms with Gasteiger partial charge < -0.3 is 8.98 Å². The van der Waals surface area contributed by atoms with E-state index in [1.165, 1.54) is 5.56 Å². The second-order valence-corrected chi connectivity index (χ2v) is 14.2. The molecule has 0 amide bonds. The highest BCUT2D eigenvalue weighted by Crippen LogP contribution is 2.45. The van der Waals surface area contributed by atoms with Crippen molar-refractivity contribution < 1.29 is 4.42 Å². The summed E-state index contributed by atoms with van der Waals surface area (Å²) < 4.78 is 11.5. The van der Waals surface area contributed by atoms with E-state index in [0.29, 0.717) is 5.95 Å². The van der Waals surface area contributed by atoms with E-state index in [2.05, 4.69) is 173 Å². The molecule has 12 rings (SSSR count). The minimum atomic E-state index is 0.626. The summed E-state index contributed by atoms with van der Waals surface area (Å²) in [5.74, 6) is 0.626. The van der Waals surface area contributed by atoms with Crippen molar-refractivity contribution in [1.82, 2.24) is 19.1 Å². The Labute approximate surface area is 315 Å². The molecule has 0 bridgehead atoms. The molecule has 0 aliphatic carbocycles. The Hall–Kier alpha value is -7.50. The van der Waals surface area contributed by atoms with E-state index in [4.69, 9.17) is 14.4 Å². The van der Waals surface area contributed by atoms with Gasteiger partial charge in [0, 0.05) is 49.0 Å². The first kappa shape index (κ1) is 30.0. The van der Waals surface area contributed by atoms with Gasteiger partial charge in [-0.05, 0) is 47.5 Å². The van der Waals surface area contributed by atoms with Crippen LogP contribution in [0.4, 0.5) is 0 Å². The van der Waals surface area contributed by atoms with Gasteiger partial charge in [0.25, 0.3) is 0 Å². The standard InChI is InChI=1S/C50H30N4O/c1-3-13-31(14-4-1)32-23-25-34(26-24-32)53-46-38(39-29-30-40-36-18-9-12-22-44(36)55-49(40)48(39)53)28-27-37-35-17-8-11-21-43(35)54(47(37)46)50-51-42-20-10-7-19-41(42)45(52-50)33-15-5-2-6-16-33/h1-30H. The van der Waals surface area contributed by atoms with Gasteiger partial charge in [-0.15, -0.1) is 0 Å². The quantitative estimate of drug-likeness (QED) is 0.183. The molecular weight excluding hydrogens is 673 g/mol. The largest absolute Gasteiger partial charge is 0.454 e. The lowest BCUT2D eigenvalue weighted by atomic mass is 10.1. The molecule has 0 spiro atoms. The summed E-state index contributed by atoms with van der Waals surface area (Å²) in [6.07, 6.45) is 0. The van der Waals surface area contributed by atoms with Gasteiger partial charge in [-0.25, -0.2) is 9.97 Å². The Morgan fingerprint density at radius 3 is 1.71 bits per heavy atom. The first-order valence-corrected chi connectivity index (χ1v) is 18.6. The normalized spacial score (nSPS) is 12.0. The lowest BCUT2D eigenvalue weighted by Gasteiger charge is -2.14. The third kappa shape index (κ3) is 4.35. The predicted octanol–water partition coefficient (Wildman–Crippen LogP) is 13.1. The van der Waals surface area contributed by atoms with Crippen molar-refractivity contribution in [2.24, 2.45) is 0 Å². The monoisotopic (exact) mass is 702 g/mol. The van der Waals surface area contributed by atoms with Gasteiger partial charge in [0.05, 0.1) is 33.3 Å². The Bertz CT molecular complexity index is 3470. The molecule has 0 unspecified atom stereocenters. The van der Waals surface area contributed by atoms with Crippen molar-refractivity contribution >= 4 is 76.5 Å². The molecule has 0 fully saturated rings. The second-order valence-electron chi connectivity index (χ2n) is 14.2. The number of nitrogens with zero attached hydrogens (tertiary/aromatic N) is 4. The van der Waals surface area contributed by atoms with Crippen molar-refractivity contribution in [3.63, 3.8) is 0 Å². The van der Waals surface area contributed by atoms with Crippen molar-refractivity contribution in [2.45, 2.75) is 0 Å². The van der Waals surface area contributed by atoms with Crippen LogP contribution in [0.2, 0.25) is 0 Å². The summed E-state index contributed by atoms with van der Waals surface area (Å²) >= 11 is 0. The number of hydrogen-bond donors (Lipinski definition) is 0. The number of rotatable bonds is 4. The van der Waals surface area contributed by atoms with E-state index in [0.717, 1.165) is 99.0 Å². The molecule has 4 aromatic heterocycles. The average molecular weight is 703 g/mol. The molecule has 256 valence electrons. The van der Waals surface area contributed by atoms with Crippen LogP contribution in [0, 0.1) is 0 Å². The Balaban J connectivity index is 1.26. The van der Waals surface area contributed by atoms with Gasteiger partial charge in [-0.3, -0.25) is 4.57 Å². The first-order valence-electron chi connectivity index (χ1n) is 18.6. The fourth-order valence-corrected chi connectivity index (χ4v) is 8.69. The van der Waals surface area contributed by atoms with E-state index in [9.17, 15) is 0 Å². The highest BCUT2D eigenvalue weighted by atomic mass is 16.3. The van der Waals surface area contributed by atoms with Crippen molar-refractivity contribution in [3.05, 3.63) is 182 Å². The topological polar surface area (TPSA) is 48.8 Å². The average Bonchev–Trinajstić information content (AvgIpc) is 3.92. The lowest BCUT2D eigenvalue weighted by molar-refractivity contribution is 0.671. The van der Waals surface area contributed by atoms with E-state index in [-0.39, 0.29) is 0 Å². The van der Waals surface area contributed by atoms with Crippen LogP contribution in [-0.2, 0) is 0 Å². The fraction of sp³-hybridized carbons (Fsp3) is 0. The number of furan rings is 1. The van der Waals surface area contributed by atoms with Crippen LogP contribution in [0.15, 0.2) is 186 Å². The molecule has 0 saturated carbocycles. The van der Waals surface area contributed by atoms with Crippen LogP contribution in [0.5, 0.6) is 0 Å². The Morgan fingerprint density at radius 2 is 0.927 bits per heavy atom. The summed E-state index contributed by atoms with van der Waals surface area (Å²) in [4.78, 5) is 10.7. The van der Waals surface area contributed by atoms with Crippen LogP contribution in [0.3, 0.4) is 0 Å². The SMILES string of the molecule is c1ccc(-c2ccc(-n3c4c(ccc5c6ccccc6oc54)c4ccc5c6ccccc6n(-c6nc(-c7ccccc7)c7ccccc7n6)c5c43)cc2)cc1. The molecular formula is C50H30N4O. The lowest BCUT2D eigenvalue weighted by Crippen LogP contribution is -2.04. The molecule has 0 aliphatic rings. The molecule has 0 radical (unpaired) electrons. The van der Waals surface area contributed by atoms with Crippen LogP contribution < -0.4 is 0 Å². The summed E-state index contributed by atoms with van der Waals surface area (Å²) in [6.45, 7) is 0. The number of aromatic nitrogens is 4. The van der Waals surface area contributed by atoms with Gasteiger partial charge in [0.15, 0.2) is 5.58 Å². The molecule has 4 heterocycles. The zero-order valence-corrected chi connectivity index (χ0v) is 29.5. The van der Waals surface area contributed by atoms with Crippen LogP contribution in [-0.4, -0.2) is 19.1 Å². The molecule has 55 heavy (non-hydrogen) atoms. The second kappa shape index (κ2) is 11.5. The van der Waals surface area contributed by atoms with Gasteiger partial charge in [-0.2, -0.15) is 0 Å². The Kier molecular flexibility index (Phi) is 6.27. The van der Waals surface area contributed by atoms with Gasteiger partial charge in [-0.1, -0.05) is 146 Å². The highest BCUT2D eigenvalue weighted by molar-refractivity contribution is 6.27. The minimum Gasteiger partial charge on any atom is -0.454 e. The first-order chi connectivity index (χ1) is 27.3. The van der Waals surface area contributed by atoms with E-state index in [1.807, 2.05) is 18.2 Å². The number of fused-ring (bicyclic) bond motifs is 12. The zero-order valence-electron chi connectivity index (χ0n) is 29.5. The summed E-state index contributed by atoms with van der Waals surface area (Å²) in [6, 6.07) is 64.1. The molecule has 0 N–H and O–H groups in total. The van der Waals surface area contributed by atoms with E-state index < -0.39 is 0 Å². The van der Waals surface area contributed by atoms with Gasteiger partial charge >= 0.3 is 0 Å². The van der Waals surface area contributed by atoms with Crippen molar-refractivity contribution in [3.8, 4) is 34.0 Å². The third-order valence-corrected chi connectivity index (χ3v) is 11.1. The van der Waals surface area contributed by atoms with Crippen molar-refractivity contribution in [2.75, 3.05) is 0 Å². The molecule has 0 atom stereocenters. The smallest absolute Gasteiger partial charge is 0.235 e. The molecule has 8 aromatic carbocycles.